The van der Waals surface area contributed by atoms with Gasteiger partial charge >= 0.3 is 32.2 Å². The largest absolute Gasteiger partial charge is 2.00 e. The van der Waals surface area contributed by atoms with E-state index in [0.717, 1.165) is 45.4 Å². The molecule has 0 fully saturated rings. The Morgan fingerprint density at radius 3 is 1.21 bits per heavy atom. The van der Waals surface area contributed by atoms with Gasteiger partial charge in [0.25, 0.3) is 0 Å². The number of carboxylic acids is 2. The molecule has 0 saturated carbocycles. The summed E-state index contributed by atoms with van der Waals surface area (Å²) in [6.07, 6.45) is 4.99. The molecule has 0 atom stereocenters. The first kappa shape index (κ1) is 28.5. The Bertz CT molecular complexity index is 280. The van der Waals surface area contributed by atoms with Crippen LogP contribution in [0.25, 0.3) is 0 Å². The molecular weight excluding hydrogens is 395 g/mol. The Morgan fingerprint density at radius 1 is 0.792 bits per heavy atom. The number of hydrogen-bond donors (Lipinski definition) is 0. The maximum Gasteiger partial charge on any atom is 2.00 e. The average molecular weight is 426 g/mol. The van der Waals surface area contributed by atoms with Crippen LogP contribution >= 0.6 is 0 Å². The Balaban J connectivity index is -0.000000787. The van der Waals surface area contributed by atoms with Crippen molar-refractivity contribution in [2.45, 2.75) is 72.2 Å². The Kier molecular flexibility index (Phi) is 22.6. The van der Waals surface area contributed by atoms with Crippen molar-refractivity contribution < 1.29 is 60.2 Å². The summed E-state index contributed by atoms with van der Waals surface area (Å²) in [5, 5.41) is 20.2. The molecule has 0 heterocycles. The zero-order chi connectivity index (χ0) is 18.1. The molecule has 0 aromatic carbocycles. The van der Waals surface area contributed by atoms with Crippen molar-refractivity contribution in [2.24, 2.45) is 0 Å². The van der Waals surface area contributed by atoms with Crippen LogP contribution in [0.2, 0.25) is 0 Å². The predicted octanol–water partition coefficient (Wildman–Crippen LogP) is 0.594. The maximum atomic E-state index is 11.3. The van der Waals surface area contributed by atoms with Gasteiger partial charge in [-0.25, -0.2) is 0 Å². The third-order valence-electron chi connectivity index (χ3n) is 2.62. The predicted molar refractivity (Wildman–Crippen MR) is 81.0 cm³/mol. The maximum absolute atomic E-state index is 11.3. The summed E-state index contributed by atoms with van der Waals surface area (Å²) in [5.41, 5.74) is 0. The molecule has 0 aliphatic rings. The van der Waals surface area contributed by atoms with Gasteiger partial charge in [-0.05, 0) is 26.2 Å². The molecule has 0 N–H and O–H groups in total. The molecule has 0 saturated heterocycles. The molecule has 0 bridgehead atoms. The first-order chi connectivity index (χ1) is 10.9. The summed E-state index contributed by atoms with van der Waals surface area (Å²) in [4.78, 5) is 20.2. The van der Waals surface area contributed by atoms with E-state index in [-0.39, 0.29) is 46.0 Å². The first-order valence-electron chi connectivity index (χ1n) is 8.17. The van der Waals surface area contributed by atoms with Crippen molar-refractivity contribution in [3.63, 3.8) is 0 Å². The minimum absolute atomic E-state index is 0. The fourth-order valence-corrected chi connectivity index (χ4v) is 1.35. The minimum atomic E-state index is -2.04. The molecular formula is C16H30O7Zr. The molecule has 0 amide bonds. The second kappa shape index (κ2) is 19.0. The summed E-state index contributed by atoms with van der Waals surface area (Å²) in [6.45, 7) is 7.81. The first-order valence-corrected chi connectivity index (χ1v) is 8.17. The molecule has 0 aliphatic carbocycles. The molecule has 0 spiro atoms. The number of ether oxygens (including phenoxy) is 3. The average Bonchev–Trinajstić information content (AvgIpc) is 2.46. The van der Waals surface area contributed by atoms with Crippen LogP contribution in [0.4, 0.5) is 0 Å². The van der Waals surface area contributed by atoms with Crippen LogP contribution in [0.5, 0.6) is 0 Å². The number of aliphatic carboxylic acids is 2. The summed E-state index contributed by atoms with van der Waals surface area (Å²) < 4.78 is 16.0. The summed E-state index contributed by atoms with van der Waals surface area (Å²) >= 11 is 0. The van der Waals surface area contributed by atoms with E-state index >= 15 is 0 Å². The van der Waals surface area contributed by atoms with E-state index in [1.54, 1.807) is 0 Å². The summed E-state index contributed by atoms with van der Waals surface area (Å²) in [6, 6.07) is 0. The second-order valence-electron chi connectivity index (χ2n) is 4.94. The van der Waals surface area contributed by atoms with Crippen LogP contribution in [-0.2, 0) is 50.0 Å². The number of carboxylic acid groups (broad SMARTS) is 2. The van der Waals surface area contributed by atoms with Gasteiger partial charge in [0.2, 0.25) is 0 Å². The minimum Gasteiger partial charge on any atom is -0.550 e. The van der Waals surface area contributed by atoms with E-state index in [0.29, 0.717) is 0 Å². The summed E-state index contributed by atoms with van der Waals surface area (Å²) in [7, 11) is 0. The zero-order valence-corrected chi connectivity index (χ0v) is 17.7. The van der Waals surface area contributed by atoms with Gasteiger partial charge in [0, 0.05) is 5.97 Å². The number of rotatable bonds is 13. The van der Waals surface area contributed by atoms with Crippen LogP contribution in [0, 0.1) is 0 Å². The van der Waals surface area contributed by atoms with Gasteiger partial charge < -0.3 is 34.0 Å². The van der Waals surface area contributed by atoms with Crippen LogP contribution in [0.1, 0.15) is 66.2 Å². The van der Waals surface area contributed by atoms with E-state index in [4.69, 9.17) is 24.1 Å². The van der Waals surface area contributed by atoms with Crippen molar-refractivity contribution in [1.82, 2.24) is 0 Å². The molecule has 140 valence electrons. The molecule has 8 heteroatoms. The van der Waals surface area contributed by atoms with Crippen LogP contribution in [0.15, 0.2) is 0 Å². The number of hydrogen-bond acceptors (Lipinski definition) is 7. The fourth-order valence-electron chi connectivity index (χ4n) is 1.35. The van der Waals surface area contributed by atoms with E-state index in [1.807, 2.05) is 20.8 Å². The van der Waals surface area contributed by atoms with Gasteiger partial charge in [0.1, 0.15) is 5.97 Å². The third-order valence-corrected chi connectivity index (χ3v) is 2.62. The van der Waals surface area contributed by atoms with Crippen molar-refractivity contribution in [1.29, 1.82) is 0 Å². The number of carbonyl (C=O) groups is 2. The quantitative estimate of drug-likeness (QED) is 0.314. The van der Waals surface area contributed by atoms with E-state index in [9.17, 15) is 9.90 Å². The Labute approximate surface area is 164 Å². The van der Waals surface area contributed by atoms with Crippen molar-refractivity contribution in [3.05, 3.63) is 0 Å². The monoisotopic (exact) mass is 424 g/mol. The van der Waals surface area contributed by atoms with Crippen molar-refractivity contribution in [3.8, 4) is 0 Å². The standard InChI is InChI=1S/C14H28O5.C2H4O2.Zr/c1-4-7-10-17-14(13(15)16,18-11-8-5-2)19-12-9-6-3;1-2(3)4;/h4-12H2,1-3H3,(H,15,16);1H3,(H,3,4);/q;;+2/p-2. The van der Waals surface area contributed by atoms with Gasteiger partial charge in [-0.1, -0.05) is 40.0 Å². The normalized spacial score (nSPS) is 10.3. The number of carbonyl (C=O) groups excluding carboxylic acids is 2. The second-order valence-corrected chi connectivity index (χ2v) is 4.94. The molecule has 7 nitrogen and oxygen atoms in total. The van der Waals surface area contributed by atoms with Crippen LogP contribution in [0.3, 0.4) is 0 Å². The molecule has 0 rings (SSSR count). The van der Waals surface area contributed by atoms with E-state index in [1.165, 1.54) is 0 Å². The smallest absolute Gasteiger partial charge is 0.550 e. The SMILES string of the molecule is CC(=O)[O-].CCCCOC(OCCCC)(OCCCC)C(=O)[O-].[Zr+2]. The number of unbranched alkanes of at least 4 members (excludes halogenated alkanes) is 3. The molecule has 0 aromatic rings. The summed E-state index contributed by atoms with van der Waals surface area (Å²) in [5.74, 6) is -4.59. The third kappa shape index (κ3) is 16.6. The fraction of sp³-hybridized carbons (Fsp3) is 0.875. The Morgan fingerprint density at radius 2 is 1.04 bits per heavy atom. The van der Waals surface area contributed by atoms with Gasteiger partial charge in [-0.2, -0.15) is 0 Å². The van der Waals surface area contributed by atoms with Crippen molar-refractivity contribution >= 4 is 11.9 Å². The molecule has 0 unspecified atom stereocenters. The van der Waals surface area contributed by atoms with E-state index in [2.05, 4.69) is 0 Å². The van der Waals surface area contributed by atoms with Gasteiger partial charge in [-0.3, -0.25) is 0 Å². The van der Waals surface area contributed by atoms with Gasteiger partial charge in [-0.15, -0.1) is 0 Å². The molecule has 0 aromatic heterocycles. The van der Waals surface area contributed by atoms with Crippen molar-refractivity contribution in [2.75, 3.05) is 19.8 Å². The van der Waals surface area contributed by atoms with Crippen LogP contribution in [-0.4, -0.2) is 37.7 Å². The Hall–Kier alpha value is -0.297. The topological polar surface area (TPSA) is 108 Å². The van der Waals surface area contributed by atoms with E-state index < -0.39 is 17.9 Å². The molecule has 24 heavy (non-hydrogen) atoms. The zero-order valence-electron chi connectivity index (χ0n) is 15.2. The van der Waals surface area contributed by atoms with Crippen LogP contribution < -0.4 is 10.2 Å². The van der Waals surface area contributed by atoms with Gasteiger partial charge in [0.15, 0.2) is 0 Å². The van der Waals surface area contributed by atoms with Gasteiger partial charge in [0.05, 0.1) is 19.8 Å². The molecule has 0 aliphatic heterocycles. The molecule has 0 radical (unpaired) electrons.